The minimum absolute atomic E-state index is 0.0472. The van der Waals surface area contributed by atoms with Crippen molar-refractivity contribution in [1.29, 1.82) is 0 Å². The number of rotatable bonds is 8. The molecule has 338 valence electrons. The number of phenolic OH excluding ortho intramolecular Hbond substituents is 1. The quantitative estimate of drug-likeness (QED) is 0.165. The third-order valence-electron chi connectivity index (χ3n) is 12.1. The fourth-order valence-corrected chi connectivity index (χ4v) is 8.10. The summed E-state index contributed by atoms with van der Waals surface area (Å²) in [5.74, 6) is -1.80. The second kappa shape index (κ2) is 17.2. The van der Waals surface area contributed by atoms with Gasteiger partial charge in [0.2, 0.25) is 0 Å². The van der Waals surface area contributed by atoms with Crippen LogP contribution in [-0.2, 0) is 16.2 Å². The molecule has 0 fully saturated rings. The molecule has 0 amide bonds. The van der Waals surface area contributed by atoms with Crippen molar-refractivity contribution >= 4 is 11.0 Å². The normalized spacial score (nSPS) is 17.8. The topological polar surface area (TPSA) is 50.9 Å². The Kier molecular flexibility index (Phi) is 7.13. The van der Waals surface area contributed by atoms with Crippen molar-refractivity contribution < 1.29 is 32.5 Å². The lowest BCUT2D eigenvalue weighted by Crippen LogP contribution is -2.17. The Labute approximate surface area is 423 Å². The molecule has 8 rings (SSSR count). The fraction of sp³-hybridized carbons (Fsp3) is 0.323. The van der Waals surface area contributed by atoms with Crippen LogP contribution in [0.1, 0.15) is 168 Å². The largest absolute Gasteiger partial charge is 0.507 e. The van der Waals surface area contributed by atoms with E-state index in [2.05, 4.69) is 4.98 Å². The number of aromatic hydroxyl groups is 1. The summed E-state index contributed by atoms with van der Waals surface area (Å²) in [6.45, 7) is 7.56. The van der Waals surface area contributed by atoms with Crippen LogP contribution in [0.5, 0.6) is 5.75 Å². The van der Waals surface area contributed by atoms with Gasteiger partial charge in [-0.05, 0) is 146 Å². The summed E-state index contributed by atoms with van der Waals surface area (Å²) in [5, 5.41) is 12.8. The number of aromatic nitrogens is 3. The lowest BCUT2D eigenvalue weighted by molar-refractivity contribution is 0.446. The summed E-state index contributed by atoms with van der Waals surface area (Å²) in [4.78, 5) is 9.68. The van der Waals surface area contributed by atoms with E-state index >= 15 is 0 Å². The van der Waals surface area contributed by atoms with Gasteiger partial charge in [0, 0.05) is 40.7 Å². The van der Waals surface area contributed by atoms with Gasteiger partial charge in [-0.3, -0.25) is 9.55 Å². The Morgan fingerprint density at radius 3 is 2.02 bits per heavy atom. The van der Waals surface area contributed by atoms with E-state index in [9.17, 15) is 6.48 Å². The van der Waals surface area contributed by atoms with E-state index in [4.69, 9.17) is 31.0 Å². The van der Waals surface area contributed by atoms with Crippen LogP contribution in [0.15, 0.2) is 127 Å². The van der Waals surface area contributed by atoms with Crippen molar-refractivity contribution in [2.75, 3.05) is 0 Å². The lowest BCUT2D eigenvalue weighted by Gasteiger charge is -2.27. The first-order valence-electron chi connectivity index (χ1n) is 32.1. The first kappa shape index (κ1) is 27.4. The van der Waals surface area contributed by atoms with Gasteiger partial charge in [-0.1, -0.05) is 168 Å². The van der Waals surface area contributed by atoms with Crippen LogP contribution in [0.3, 0.4) is 0 Å². The molecule has 0 aliphatic heterocycles. The summed E-state index contributed by atoms with van der Waals surface area (Å²) in [5.41, 5.74) is -1.56. The maximum atomic E-state index is 12.8. The number of para-hydroxylation sites is 1. The molecule has 6 aromatic carbocycles. The highest BCUT2D eigenvalue weighted by Gasteiger charge is 2.29. The predicted octanol–water partition coefficient (Wildman–Crippen LogP) is 17.2. The van der Waals surface area contributed by atoms with Crippen molar-refractivity contribution in [3.05, 3.63) is 166 Å². The molecule has 0 atom stereocenters. The molecule has 0 spiro atoms. The number of phenols is 1. The maximum absolute atomic E-state index is 12.8. The van der Waals surface area contributed by atoms with Gasteiger partial charge in [-0.2, -0.15) is 0 Å². The molecule has 4 heteroatoms. The highest BCUT2D eigenvalue weighted by molar-refractivity contribution is 5.97. The zero-order valence-corrected chi connectivity index (χ0v) is 39.4. The first-order chi connectivity index (χ1) is 39.1. The van der Waals surface area contributed by atoms with Crippen molar-refractivity contribution in [1.82, 2.24) is 14.5 Å². The van der Waals surface area contributed by atoms with Crippen LogP contribution in [-0.4, -0.2) is 19.6 Å². The standard InChI is InChI=1S/C62H69N3O/c1-37(2)44-28-45(38(3)4)30-46(29-44)42-23-24-55(40(6)27-42)65-56-18-16-17-51(57(56)64-59(65)52-35-50(61(10,11)12)36-53(58(52)66)62(13,14)15)47-31-48(33-49(32-47)60(7,8)9)54-34-43(25-26-63-54)41-21-19-39(5)20-22-41/h16-38,66H,1-15H3/i5D3,6D3,13D3,14D3,19D,20D,21D,22D,25D,26D,34D,37D. The van der Waals surface area contributed by atoms with Gasteiger partial charge in [-0.15, -0.1) is 0 Å². The number of nitrogens with zero attached hydrogens (tertiary/aromatic N) is 3. The summed E-state index contributed by atoms with van der Waals surface area (Å²) in [6.07, 6.45) is -0.690. The van der Waals surface area contributed by atoms with E-state index in [0.29, 0.717) is 38.9 Å². The molecule has 0 radical (unpaired) electrons. The summed E-state index contributed by atoms with van der Waals surface area (Å²) in [6, 6.07) is 19.3. The van der Waals surface area contributed by atoms with Gasteiger partial charge in [0.15, 0.2) is 0 Å². The Morgan fingerprint density at radius 2 is 1.35 bits per heavy atom. The second-order valence-electron chi connectivity index (χ2n) is 20.0. The molecule has 66 heavy (non-hydrogen) atoms. The van der Waals surface area contributed by atoms with Crippen LogP contribution < -0.4 is 0 Å². The predicted molar refractivity (Wildman–Crippen MR) is 281 cm³/mol. The molecule has 2 heterocycles. The number of pyridine rings is 1. The minimum Gasteiger partial charge on any atom is -0.507 e. The average molecular weight is 892 g/mol. The molecular formula is C62H69N3O. The highest BCUT2D eigenvalue weighted by Crippen LogP contribution is 2.45. The van der Waals surface area contributed by atoms with E-state index < -0.39 is 120 Å². The van der Waals surface area contributed by atoms with E-state index in [-0.39, 0.29) is 50.8 Å². The molecule has 2 aromatic heterocycles. The van der Waals surface area contributed by atoms with Crippen molar-refractivity contribution in [2.24, 2.45) is 0 Å². The molecule has 1 N–H and O–H groups in total. The zero-order valence-electron chi connectivity index (χ0n) is 59.4. The summed E-state index contributed by atoms with van der Waals surface area (Å²) < 4.78 is 177. The summed E-state index contributed by atoms with van der Waals surface area (Å²) >= 11 is 0. The van der Waals surface area contributed by atoms with Crippen molar-refractivity contribution in [3.63, 3.8) is 0 Å². The van der Waals surface area contributed by atoms with Gasteiger partial charge in [0.25, 0.3) is 0 Å². The Morgan fingerprint density at radius 1 is 0.636 bits per heavy atom. The molecule has 0 bridgehead atoms. The van der Waals surface area contributed by atoms with Gasteiger partial charge in [0.05, 0.1) is 37.6 Å². The average Bonchev–Trinajstić information content (AvgIpc) is 3.24. The molecule has 4 nitrogen and oxygen atoms in total. The van der Waals surface area contributed by atoms with Gasteiger partial charge in [-0.25, -0.2) is 4.98 Å². The molecule has 0 aliphatic carbocycles. The van der Waals surface area contributed by atoms with Crippen LogP contribution in [0.25, 0.3) is 72.7 Å². The van der Waals surface area contributed by atoms with Crippen LogP contribution in [0.2, 0.25) is 0 Å². The lowest BCUT2D eigenvalue weighted by atomic mass is 9.79. The van der Waals surface area contributed by atoms with Crippen molar-refractivity contribution in [3.8, 4) is 67.5 Å². The van der Waals surface area contributed by atoms with Crippen LogP contribution >= 0.6 is 0 Å². The number of benzene rings is 6. The zero-order chi connectivity index (χ0) is 64.6. The van der Waals surface area contributed by atoms with Gasteiger partial charge in [0.1, 0.15) is 11.6 Å². The van der Waals surface area contributed by atoms with Crippen LogP contribution in [0, 0.1) is 13.7 Å². The van der Waals surface area contributed by atoms with E-state index in [0.717, 1.165) is 12.5 Å². The van der Waals surface area contributed by atoms with Gasteiger partial charge >= 0.3 is 0 Å². The molecule has 0 unspecified atom stereocenters. The Balaban J connectivity index is 1.52. The van der Waals surface area contributed by atoms with Crippen molar-refractivity contribution in [2.45, 2.75) is 132 Å². The summed E-state index contributed by atoms with van der Waals surface area (Å²) in [7, 11) is 0. The van der Waals surface area contributed by atoms with E-state index in [1.165, 1.54) is 6.07 Å². The maximum Gasteiger partial charge on any atom is 0.149 e. The Bertz CT molecular complexity index is 3990. The van der Waals surface area contributed by atoms with E-state index in [1.807, 2.05) is 79.7 Å². The molecule has 0 saturated heterocycles. The number of aryl methyl sites for hydroxylation is 1. The number of hydrogen-bond donors (Lipinski definition) is 1. The first-order valence-corrected chi connectivity index (χ1v) is 22.1. The fourth-order valence-electron chi connectivity index (χ4n) is 8.10. The third kappa shape index (κ3) is 9.12. The number of hydrogen-bond acceptors (Lipinski definition) is 3. The molecule has 8 aromatic rings. The number of fused-ring (bicyclic) bond motifs is 1. The highest BCUT2D eigenvalue weighted by atomic mass is 16.3. The molecular weight excluding hydrogens is 803 g/mol. The SMILES string of the molecule is [2H]c1nc(-c2cc(-c3cccc4c3nc(-c3cc(C(C)(C)C)cc(C(C)(C([2H])([2H])[2H])C([2H])([2H])[2H])c3O)n4-c3ccc(-c4cc(C(C)C)cc(C([2H])(C)C)c4)cc3C([2H])([2H])[2H])cc(C(C)(C)C)c2)c([2H])c(-c2c([2H])c([2H])c(C([2H])([2H])[2H])c([2H])c2[2H])c1[2H]. The minimum atomic E-state index is -3.22. The third-order valence-corrected chi connectivity index (χ3v) is 12.1. The van der Waals surface area contributed by atoms with E-state index in [1.54, 1.807) is 73.0 Å². The smallest absolute Gasteiger partial charge is 0.149 e. The molecule has 0 aliphatic rings. The van der Waals surface area contributed by atoms with Crippen LogP contribution in [0.4, 0.5) is 0 Å². The monoisotopic (exact) mass is 892 g/mol. The second-order valence-corrected chi connectivity index (χ2v) is 20.0. The van der Waals surface area contributed by atoms with Gasteiger partial charge < -0.3 is 5.11 Å². The molecule has 0 saturated carbocycles. The number of imidazole rings is 1. The Hall–Kier alpha value is -6.26.